The number of methoxy groups -OCH3 is 2. The third-order valence-corrected chi connectivity index (χ3v) is 5.92. The average molecular weight is 457 g/mol. The van der Waals surface area contributed by atoms with Gasteiger partial charge in [-0.05, 0) is 30.3 Å². The first-order valence-corrected chi connectivity index (χ1v) is 10.2. The number of sulfone groups is 1. The summed E-state index contributed by atoms with van der Waals surface area (Å²) in [4.78, 5) is 11.1. The molecule has 0 fully saturated rings. The Hall–Kier alpha value is -3.54. The number of carbonyl (C=O) groups excluding carboxylic acids is 1. The number of rotatable bonds is 7. The summed E-state index contributed by atoms with van der Waals surface area (Å²) in [7, 11) is -1.81. The summed E-state index contributed by atoms with van der Waals surface area (Å²) in [5, 5.41) is 9.40. The van der Waals surface area contributed by atoms with Gasteiger partial charge < -0.3 is 29.8 Å². The van der Waals surface area contributed by atoms with Crippen molar-refractivity contribution < 1.29 is 46.0 Å². The summed E-state index contributed by atoms with van der Waals surface area (Å²) in [6.45, 7) is 0. The maximum absolute atomic E-state index is 13.8. The second-order valence-corrected chi connectivity index (χ2v) is 8.26. The van der Waals surface area contributed by atoms with E-state index in [-0.39, 0.29) is 33.3 Å². The van der Waals surface area contributed by atoms with Crippen LogP contribution < -0.4 is 24.7 Å². The number of benzene rings is 2. The van der Waals surface area contributed by atoms with Crippen molar-refractivity contribution in [3.05, 3.63) is 41.5 Å². The zero-order chi connectivity index (χ0) is 23.0. The van der Waals surface area contributed by atoms with Crippen LogP contribution in [0, 0.1) is 0 Å². The first kappa shape index (κ1) is 22.2. The highest BCUT2D eigenvalue weighted by Crippen LogP contribution is 2.56. The molecule has 0 bridgehead atoms. The largest absolute Gasteiger partial charge is 0.586 e. The van der Waals surface area contributed by atoms with Gasteiger partial charge in [-0.25, -0.2) is 8.42 Å². The van der Waals surface area contributed by atoms with E-state index in [0.717, 1.165) is 26.4 Å². The summed E-state index contributed by atoms with van der Waals surface area (Å²) in [6, 6.07) is 4.71. The average Bonchev–Trinajstić information content (AvgIpc) is 3.00. The predicted octanol–water partition coefficient (Wildman–Crippen LogP) is 2.20. The molecule has 0 unspecified atom stereocenters. The Morgan fingerprint density at radius 3 is 2.19 bits per heavy atom. The molecule has 3 rings (SSSR count). The lowest BCUT2D eigenvalue weighted by Crippen LogP contribution is -2.26. The lowest BCUT2D eigenvalue weighted by Gasteiger charge is -2.18. The molecule has 0 aliphatic carbocycles. The van der Waals surface area contributed by atoms with Crippen LogP contribution in [-0.4, -0.2) is 39.9 Å². The molecule has 12 heteroatoms. The Labute approximate surface area is 175 Å². The second kappa shape index (κ2) is 7.95. The van der Waals surface area contributed by atoms with Crippen LogP contribution in [0.1, 0.15) is 11.1 Å². The summed E-state index contributed by atoms with van der Waals surface area (Å²) in [5.41, 5.74) is 4.91. The van der Waals surface area contributed by atoms with Crippen molar-refractivity contribution in [1.29, 1.82) is 0 Å². The molecule has 0 saturated carbocycles. The molecule has 9 nitrogen and oxygen atoms in total. The van der Waals surface area contributed by atoms with Gasteiger partial charge in [-0.3, -0.25) is 4.79 Å². The minimum Gasteiger partial charge on any atom is -0.508 e. The smallest absolute Gasteiger partial charge is 0.508 e. The number of aromatic hydroxyl groups is 1. The molecular formula is C19H17F2NO8S. The van der Waals surface area contributed by atoms with Crippen LogP contribution in [0.2, 0.25) is 0 Å². The number of nitrogens with two attached hydrogens (primary N) is 1. The molecule has 2 aromatic rings. The third-order valence-electron chi connectivity index (χ3n) is 4.26. The topological polar surface area (TPSA) is 134 Å². The zero-order valence-electron chi connectivity index (χ0n) is 16.2. The molecule has 31 heavy (non-hydrogen) atoms. The van der Waals surface area contributed by atoms with E-state index in [1.807, 2.05) is 0 Å². The van der Waals surface area contributed by atoms with E-state index >= 15 is 0 Å². The molecule has 3 N–H and O–H groups in total. The molecule has 166 valence electrons. The van der Waals surface area contributed by atoms with E-state index in [0.29, 0.717) is 0 Å². The molecule has 1 aliphatic heterocycles. The van der Waals surface area contributed by atoms with Gasteiger partial charge in [0.15, 0.2) is 21.3 Å². The van der Waals surface area contributed by atoms with Crippen molar-refractivity contribution in [3.63, 3.8) is 0 Å². The predicted molar refractivity (Wildman–Crippen MR) is 103 cm³/mol. The molecule has 2 aromatic carbocycles. The summed E-state index contributed by atoms with van der Waals surface area (Å²) in [6.07, 6.45) is -2.05. The highest BCUT2D eigenvalue weighted by Gasteiger charge is 2.48. The minimum absolute atomic E-state index is 0.0828. The molecule has 1 aliphatic rings. The standard InChI is InChI=1S/C19H17F2NO8S/c1-27-15-12(7-8-14(22)24)13(9-31(25,26)11-5-3-10(23)4-6-11)16(28-2)18-17(15)29-19(20,21)30-18/h3-8,23H,9H2,1-2H3,(H2,22,24)/b8-7+. The maximum Gasteiger partial charge on any atom is 0.586 e. The van der Waals surface area contributed by atoms with Gasteiger partial charge >= 0.3 is 6.29 Å². The first-order chi connectivity index (χ1) is 14.5. The lowest BCUT2D eigenvalue weighted by atomic mass is 10.0. The van der Waals surface area contributed by atoms with E-state index in [1.165, 1.54) is 24.3 Å². The maximum atomic E-state index is 13.8. The number of primary amides is 1. The van der Waals surface area contributed by atoms with Crippen LogP contribution in [0.15, 0.2) is 35.2 Å². The number of halogens is 2. The Balaban J connectivity index is 2.27. The van der Waals surface area contributed by atoms with E-state index in [9.17, 15) is 27.1 Å². The van der Waals surface area contributed by atoms with Gasteiger partial charge in [0.2, 0.25) is 17.4 Å². The molecule has 0 radical (unpaired) electrons. The first-order valence-electron chi connectivity index (χ1n) is 8.55. The molecule has 0 spiro atoms. The van der Waals surface area contributed by atoms with Crippen LogP contribution in [0.5, 0.6) is 28.7 Å². The van der Waals surface area contributed by atoms with E-state index in [1.54, 1.807) is 0 Å². The number of alkyl halides is 2. The van der Waals surface area contributed by atoms with Crippen LogP contribution in [0.25, 0.3) is 6.08 Å². The minimum atomic E-state index is -4.08. The van der Waals surface area contributed by atoms with Crippen molar-refractivity contribution in [2.45, 2.75) is 16.9 Å². The van der Waals surface area contributed by atoms with Crippen molar-refractivity contribution in [2.75, 3.05) is 14.2 Å². The van der Waals surface area contributed by atoms with Gasteiger partial charge in [-0.2, -0.15) is 0 Å². The number of amides is 1. The monoisotopic (exact) mass is 457 g/mol. The molecule has 1 amide bonds. The summed E-state index contributed by atoms with van der Waals surface area (Å²) < 4.78 is 72.9. The van der Waals surface area contributed by atoms with Gasteiger partial charge in [0.05, 0.1) is 24.9 Å². The zero-order valence-corrected chi connectivity index (χ0v) is 17.0. The number of hydrogen-bond donors (Lipinski definition) is 2. The third kappa shape index (κ3) is 4.33. The van der Waals surface area contributed by atoms with Gasteiger partial charge in [0.25, 0.3) is 0 Å². The Bertz CT molecular complexity index is 1160. The van der Waals surface area contributed by atoms with Crippen molar-refractivity contribution in [2.24, 2.45) is 5.73 Å². The highest BCUT2D eigenvalue weighted by atomic mass is 32.2. The van der Waals surface area contributed by atoms with E-state index in [4.69, 9.17) is 15.2 Å². The lowest BCUT2D eigenvalue weighted by molar-refractivity contribution is -0.287. The van der Waals surface area contributed by atoms with E-state index < -0.39 is 39.3 Å². The van der Waals surface area contributed by atoms with E-state index in [2.05, 4.69) is 9.47 Å². The molecule has 1 heterocycles. The van der Waals surface area contributed by atoms with Crippen molar-refractivity contribution >= 4 is 21.8 Å². The van der Waals surface area contributed by atoms with Gasteiger partial charge in [0, 0.05) is 17.2 Å². The highest BCUT2D eigenvalue weighted by molar-refractivity contribution is 7.90. The second-order valence-electron chi connectivity index (χ2n) is 6.27. The number of fused-ring (bicyclic) bond motifs is 1. The van der Waals surface area contributed by atoms with Crippen LogP contribution in [0.4, 0.5) is 8.78 Å². The molecular weight excluding hydrogens is 440 g/mol. The Morgan fingerprint density at radius 1 is 1.13 bits per heavy atom. The Kier molecular flexibility index (Phi) is 5.68. The van der Waals surface area contributed by atoms with Crippen LogP contribution in [0.3, 0.4) is 0 Å². The fraction of sp³-hybridized carbons (Fsp3) is 0.211. The molecule has 0 aromatic heterocycles. The van der Waals surface area contributed by atoms with Gasteiger partial charge in [-0.1, -0.05) is 0 Å². The van der Waals surface area contributed by atoms with Crippen LogP contribution >= 0.6 is 0 Å². The van der Waals surface area contributed by atoms with Gasteiger partial charge in [0.1, 0.15) is 5.75 Å². The van der Waals surface area contributed by atoms with Gasteiger partial charge in [-0.15, -0.1) is 8.78 Å². The number of carbonyl (C=O) groups is 1. The fourth-order valence-electron chi connectivity index (χ4n) is 3.00. The van der Waals surface area contributed by atoms with Crippen molar-refractivity contribution in [1.82, 2.24) is 0 Å². The number of hydrogen-bond acceptors (Lipinski definition) is 8. The number of ether oxygens (including phenoxy) is 4. The SMILES string of the molecule is COc1c(/C=C/C(N)=O)c(CS(=O)(=O)c2ccc(O)cc2)c(OC)c2c1OC(F)(F)O2. The quantitative estimate of drug-likeness (QED) is 0.605. The molecule has 0 atom stereocenters. The Morgan fingerprint density at radius 2 is 1.68 bits per heavy atom. The van der Waals surface area contributed by atoms with Crippen LogP contribution in [-0.2, 0) is 20.4 Å². The number of phenolic OH excluding ortho intramolecular Hbond substituents is 1. The molecule has 0 saturated heterocycles. The summed E-state index contributed by atoms with van der Waals surface area (Å²) in [5.74, 6) is -3.51. The summed E-state index contributed by atoms with van der Waals surface area (Å²) >= 11 is 0. The normalized spacial score (nSPS) is 14.6. The fourth-order valence-corrected chi connectivity index (χ4v) is 4.38. The number of phenols is 1. The van der Waals surface area contributed by atoms with Crippen molar-refractivity contribution in [3.8, 4) is 28.7 Å².